The summed E-state index contributed by atoms with van der Waals surface area (Å²) in [5.41, 5.74) is 3.90. The Morgan fingerprint density at radius 1 is 0.848 bits per heavy atom. The molecule has 0 spiro atoms. The number of nitro benzene ring substituents is 2. The number of ether oxygens (including phenoxy) is 1. The molecular weight excluding hydrogens is 426 g/mol. The van der Waals surface area contributed by atoms with Crippen LogP contribution in [0.25, 0.3) is 0 Å². The molecule has 0 atom stereocenters. The molecule has 9 nitrogen and oxygen atoms in total. The Balaban J connectivity index is 1.53. The largest absolute Gasteiger partial charge is 0.460 e. The topological polar surface area (TPSA) is 125 Å². The molecule has 4 rings (SSSR count). The van der Waals surface area contributed by atoms with Crippen LogP contribution in [-0.4, -0.2) is 34.7 Å². The molecule has 0 heterocycles. The zero-order valence-corrected chi connectivity index (χ0v) is 17.5. The maximum atomic E-state index is 12.4. The van der Waals surface area contributed by atoms with Crippen molar-refractivity contribution in [3.8, 4) is 0 Å². The van der Waals surface area contributed by atoms with E-state index < -0.39 is 27.2 Å². The highest BCUT2D eigenvalue weighted by Crippen LogP contribution is 2.25. The summed E-state index contributed by atoms with van der Waals surface area (Å²) < 4.78 is 5.20. The Bertz CT molecular complexity index is 1200. The second-order valence-electron chi connectivity index (χ2n) is 7.43. The molecule has 9 heteroatoms. The molecule has 0 unspecified atom stereocenters. The number of hydrogen-bond acceptors (Lipinski definition) is 7. The Hall–Kier alpha value is -4.40. The van der Waals surface area contributed by atoms with Crippen molar-refractivity contribution in [3.05, 3.63) is 115 Å². The quantitative estimate of drug-likeness (QED) is 0.241. The number of esters is 1. The van der Waals surface area contributed by atoms with Crippen molar-refractivity contribution in [2.45, 2.75) is 12.8 Å². The van der Waals surface area contributed by atoms with Crippen molar-refractivity contribution < 1.29 is 19.4 Å². The number of nitro groups is 2. The number of rotatable bonds is 6. The summed E-state index contributed by atoms with van der Waals surface area (Å²) >= 11 is 0. The number of nitrogens with zero attached hydrogens (tertiary/aromatic N) is 3. The van der Waals surface area contributed by atoms with Crippen LogP contribution in [-0.2, 0) is 17.6 Å². The molecule has 0 aromatic heterocycles. The highest BCUT2D eigenvalue weighted by molar-refractivity contribution is 6.15. The van der Waals surface area contributed by atoms with Crippen LogP contribution in [0.2, 0.25) is 0 Å². The lowest BCUT2D eigenvalue weighted by atomic mass is 9.98. The van der Waals surface area contributed by atoms with Crippen LogP contribution in [0.4, 0.5) is 11.4 Å². The predicted octanol–water partition coefficient (Wildman–Crippen LogP) is 4.30. The van der Waals surface area contributed by atoms with Gasteiger partial charge in [0.1, 0.15) is 6.61 Å². The maximum absolute atomic E-state index is 12.4. The minimum Gasteiger partial charge on any atom is -0.460 e. The summed E-state index contributed by atoms with van der Waals surface area (Å²) in [7, 11) is 0. The van der Waals surface area contributed by atoms with Gasteiger partial charge in [-0.1, -0.05) is 48.5 Å². The Kier molecular flexibility index (Phi) is 6.21. The lowest BCUT2D eigenvalue weighted by Crippen LogP contribution is -2.12. The molecule has 1 aliphatic rings. The molecule has 1 aliphatic carbocycles. The van der Waals surface area contributed by atoms with Crippen LogP contribution in [0.15, 0.2) is 71.7 Å². The van der Waals surface area contributed by atoms with Crippen LogP contribution in [0.5, 0.6) is 0 Å². The first-order valence-electron chi connectivity index (χ1n) is 10.3. The van der Waals surface area contributed by atoms with Crippen molar-refractivity contribution >= 4 is 23.1 Å². The minimum atomic E-state index is -0.885. The van der Waals surface area contributed by atoms with Crippen molar-refractivity contribution in [2.24, 2.45) is 4.99 Å². The van der Waals surface area contributed by atoms with Gasteiger partial charge in [-0.3, -0.25) is 25.2 Å². The Labute approximate surface area is 188 Å². The van der Waals surface area contributed by atoms with Crippen LogP contribution < -0.4 is 0 Å². The Morgan fingerprint density at radius 3 is 1.88 bits per heavy atom. The summed E-state index contributed by atoms with van der Waals surface area (Å²) in [6.07, 6.45) is 1.79. The predicted molar refractivity (Wildman–Crippen MR) is 121 cm³/mol. The fourth-order valence-electron chi connectivity index (χ4n) is 3.83. The van der Waals surface area contributed by atoms with Gasteiger partial charge in [0, 0.05) is 23.3 Å². The van der Waals surface area contributed by atoms with E-state index in [2.05, 4.69) is 12.1 Å². The second kappa shape index (κ2) is 9.39. The summed E-state index contributed by atoms with van der Waals surface area (Å²) in [6.45, 7) is 0.0872. The average Bonchev–Trinajstić information content (AvgIpc) is 2.98. The SMILES string of the molecule is O=C(OCCN=C1c2ccccc2CCc2ccccc21)c1cc([N+](=O)[O-])cc([N+](=O)[O-])c1. The van der Waals surface area contributed by atoms with Crippen molar-refractivity contribution in [1.29, 1.82) is 0 Å². The van der Waals surface area contributed by atoms with Gasteiger partial charge in [-0.15, -0.1) is 0 Å². The molecular formula is C24H19N3O6. The van der Waals surface area contributed by atoms with Crippen LogP contribution in [0.3, 0.4) is 0 Å². The number of benzene rings is 3. The first-order chi connectivity index (χ1) is 15.9. The first kappa shape index (κ1) is 21.8. The van der Waals surface area contributed by atoms with Crippen LogP contribution in [0.1, 0.15) is 32.6 Å². The molecule has 0 saturated heterocycles. The first-order valence-corrected chi connectivity index (χ1v) is 10.3. The lowest BCUT2D eigenvalue weighted by Gasteiger charge is -2.11. The monoisotopic (exact) mass is 445 g/mol. The summed E-state index contributed by atoms with van der Waals surface area (Å²) in [6, 6.07) is 18.8. The molecule has 166 valence electrons. The van der Waals surface area contributed by atoms with E-state index in [9.17, 15) is 25.0 Å². The standard InChI is InChI=1S/C24H19N3O6/c28-24(18-13-19(26(29)30)15-20(14-18)27(31)32)33-12-11-25-23-21-7-3-1-5-16(21)9-10-17-6-2-4-8-22(17)23/h1-8,13-15H,9-12H2. The third-order valence-electron chi connectivity index (χ3n) is 5.36. The van der Waals surface area contributed by atoms with Gasteiger partial charge in [0.2, 0.25) is 0 Å². The smallest absolute Gasteiger partial charge is 0.338 e. The average molecular weight is 445 g/mol. The molecule has 0 aliphatic heterocycles. The fraction of sp³-hybridized carbons (Fsp3) is 0.167. The zero-order valence-electron chi connectivity index (χ0n) is 17.5. The highest BCUT2D eigenvalue weighted by Gasteiger charge is 2.21. The van der Waals surface area contributed by atoms with Gasteiger partial charge in [-0.05, 0) is 24.0 Å². The number of fused-ring (bicyclic) bond motifs is 2. The van der Waals surface area contributed by atoms with Gasteiger partial charge >= 0.3 is 5.97 Å². The van der Waals surface area contributed by atoms with Crippen molar-refractivity contribution in [1.82, 2.24) is 0 Å². The highest BCUT2D eigenvalue weighted by atomic mass is 16.6. The van der Waals surface area contributed by atoms with E-state index in [1.165, 1.54) is 11.1 Å². The lowest BCUT2D eigenvalue weighted by molar-refractivity contribution is -0.394. The second-order valence-corrected chi connectivity index (χ2v) is 7.43. The van der Waals surface area contributed by atoms with E-state index in [-0.39, 0.29) is 18.7 Å². The molecule has 3 aromatic carbocycles. The van der Waals surface area contributed by atoms with Gasteiger partial charge in [-0.25, -0.2) is 4.79 Å². The van der Waals surface area contributed by atoms with E-state index in [1.54, 1.807) is 0 Å². The zero-order chi connectivity index (χ0) is 23.4. The molecule has 0 bridgehead atoms. The van der Waals surface area contributed by atoms with Gasteiger partial charge < -0.3 is 4.74 Å². The molecule has 0 fully saturated rings. The van der Waals surface area contributed by atoms with Gasteiger partial charge in [0.25, 0.3) is 11.4 Å². The molecule has 33 heavy (non-hydrogen) atoms. The van der Waals surface area contributed by atoms with Crippen LogP contribution >= 0.6 is 0 Å². The van der Waals surface area contributed by atoms with E-state index in [1.807, 2.05) is 36.4 Å². The summed E-state index contributed by atoms with van der Waals surface area (Å²) in [5.74, 6) is -0.885. The maximum Gasteiger partial charge on any atom is 0.338 e. The van der Waals surface area contributed by atoms with Crippen LogP contribution in [0, 0.1) is 20.2 Å². The molecule has 0 radical (unpaired) electrons. The number of non-ortho nitro benzene ring substituents is 2. The minimum absolute atomic E-state index is 0.0802. The summed E-state index contributed by atoms with van der Waals surface area (Å²) in [5, 5.41) is 22.1. The number of hydrogen-bond donors (Lipinski definition) is 0. The Morgan fingerprint density at radius 2 is 1.36 bits per heavy atom. The van der Waals surface area contributed by atoms with Gasteiger partial charge in [-0.2, -0.15) is 0 Å². The van der Waals surface area contributed by atoms with E-state index in [0.29, 0.717) is 0 Å². The number of aryl methyl sites for hydroxylation is 2. The number of aliphatic imine (C=N–C) groups is 1. The van der Waals surface area contributed by atoms with E-state index in [4.69, 9.17) is 9.73 Å². The van der Waals surface area contributed by atoms with Gasteiger partial charge in [0.05, 0.1) is 33.7 Å². The fourth-order valence-corrected chi connectivity index (χ4v) is 3.83. The molecule has 0 N–H and O–H groups in total. The van der Waals surface area contributed by atoms with Gasteiger partial charge in [0.15, 0.2) is 0 Å². The molecule has 3 aromatic rings. The third-order valence-corrected chi connectivity index (χ3v) is 5.36. The normalized spacial score (nSPS) is 12.2. The number of carbonyl (C=O) groups is 1. The molecule has 0 saturated carbocycles. The van der Waals surface area contributed by atoms with E-state index >= 15 is 0 Å². The molecule has 0 amide bonds. The third kappa shape index (κ3) is 4.77. The van der Waals surface area contributed by atoms with Crippen molar-refractivity contribution in [2.75, 3.05) is 13.2 Å². The number of carbonyl (C=O) groups excluding carboxylic acids is 1. The van der Waals surface area contributed by atoms with Crippen molar-refractivity contribution in [3.63, 3.8) is 0 Å². The van der Waals surface area contributed by atoms with E-state index in [0.717, 1.165) is 47.9 Å². The summed E-state index contributed by atoms with van der Waals surface area (Å²) in [4.78, 5) is 37.6.